The van der Waals surface area contributed by atoms with Crippen molar-refractivity contribution in [3.8, 4) is 0 Å². The summed E-state index contributed by atoms with van der Waals surface area (Å²) in [5.74, 6) is -0.430. The van der Waals surface area contributed by atoms with E-state index in [2.05, 4.69) is 17.0 Å². The molecule has 0 aromatic heterocycles. The molecule has 2 fully saturated rings. The van der Waals surface area contributed by atoms with Gasteiger partial charge < -0.3 is 9.64 Å². The van der Waals surface area contributed by atoms with Crippen molar-refractivity contribution >= 4 is 23.5 Å². The first-order valence-corrected chi connectivity index (χ1v) is 10.4. The van der Waals surface area contributed by atoms with Gasteiger partial charge in [0.2, 0.25) is 0 Å². The van der Waals surface area contributed by atoms with Crippen molar-refractivity contribution in [2.24, 2.45) is 0 Å². The van der Waals surface area contributed by atoms with Crippen LogP contribution in [-0.2, 0) is 26.3 Å². The van der Waals surface area contributed by atoms with E-state index in [0.29, 0.717) is 18.1 Å². The maximum Gasteiger partial charge on any atom is 0.317 e. The van der Waals surface area contributed by atoms with Crippen LogP contribution in [0, 0.1) is 0 Å². The molecule has 1 aliphatic heterocycles. The Labute approximate surface area is 176 Å². The fourth-order valence-corrected chi connectivity index (χ4v) is 3.98. The van der Waals surface area contributed by atoms with Gasteiger partial charge in [-0.3, -0.25) is 14.5 Å². The third-order valence-electron chi connectivity index (χ3n) is 5.84. The molecule has 2 aromatic carbocycles. The highest BCUT2D eigenvalue weighted by atomic mass is 35.5. The second-order valence-corrected chi connectivity index (χ2v) is 8.24. The molecule has 0 atom stereocenters. The standard InChI is InChI=1S/C23H25ClN2O3/c24-20-8-6-19(7-9-20)23(10-11-23)22(28)29-17-21(27)26-14-12-25(13-15-26)16-18-4-2-1-3-5-18/h1-9H,10-17H2. The second-order valence-electron chi connectivity index (χ2n) is 7.81. The zero-order chi connectivity index (χ0) is 20.3. The van der Waals surface area contributed by atoms with Gasteiger partial charge in [0, 0.05) is 37.7 Å². The summed E-state index contributed by atoms with van der Waals surface area (Å²) in [5.41, 5.74) is 1.59. The summed E-state index contributed by atoms with van der Waals surface area (Å²) in [7, 11) is 0. The summed E-state index contributed by atoms with van der Waals surface area (Å²) in [5, 5.41) is 0.638. The van der Waals surface area contributed by atoms with Gasteiger partial charge in [0.25, 0.3) is 5.91 Å². The fraction of sp³-hybridized carbons (Fsp3) is 0.391. The number of rotatable bonds is 6. The molecule has 1 aliphatic carbocycles. The highest BCUT2D eigenvalue weighted by Crippen LogP contribution is 2.49. The van der Waals surface area contributed by atoms with Gasteiger partial charge in [-0.1, -0.05) is 54.1 Å². The van der Waals surface area contributed by atoms with Crippen molar-refractivity contribution in [1.82, 2.24) is 9.80 Å². The van der Waals surface area contributed by atoms with Crippen molar-refractivity contribution in [3.63, 3.8) is 0 Å². The molecule has 6 heteroatoms. The first-order valence-electron chi connectivity index (χ1n) is 10.0. The smallest absolute Gasteiger partial charge is 0.317 e. The van der Waals surface area contributed by atoms with Crippen molar-refractivity contribution < 1.29 is 14.3 Å². The molecule has 1 saturated heterocycles. The Bertz CT molecular complexity index is 857. The Morgan fingerprint density at radius 2 is 1.59 bits per heavy atom. The Balaban J connectivity index is 1.24. The topological polar surface area (TPSA) is 49.9 Å². The Morgan fingerprint density at radius 3 is 2.21 bits per heavy atom. The highest BCUT2D eigenvalue weighted by molar-refractivity contribution is 6.30. The van der Waals surface area contributed by atoms with E-state index < -0.39 is 5.41 Å². The lowest BCUT2D eigenvalue weighted by Crippen LogP contribution is -2.49. The number of piperazine rings is 1. The summed E-state index contributed by atoms with van der Waals surface area (Å²) in [6, 6.07) is 17.6. The van der Waals surface area contributed by atoms with Crippen LogP contribution in [0.2, 0.25) is 5.02 Å². The lowest BCUT2D eigenvalue weighted by Gasteiger charge is -2.34. The minimum Gasteiger partial charge on any atom is -0.455 e. The van der Waals surface area contributed by atoms with E-state index in [0.717, 1.165) is 38.0 Å². The molecule has 0 radical (unpaired) electrons. The summed E-state index contributed by atoms with van der Waals surface area (Å²) in [4.78, 5) is 29.3. The van der Waals surface area contributed by atoms with E-state index >= 15 is 0 Å². The largest absolute Gasteiger partial charge is 0.455 e. The molecule has 1 saturated carbocycles. The predicted octanol–water partition coefficient (Wildman–Crippen LogP) is 3.26. The van der Waals surface area contributed by atoms with Crippen LogP contribution in [0.5, 0.6) is 0 Å². The molecule has 0 spiro atoms. The van der Waals surface area contributed by atoms with Crippen LogP contribution in [0.15, 0.2) is 54.6 Å². The van der Waals surface area contributed by atoms with E-state index in [1.54, 1.807) is 17.0 Å². The van der Waals surface area contributed by atoms with E-state index in [-0.39, 0.29) is 18.5 Å². The quantitative estimate of drug-likeness (QED) is 0.683. The molecule has 0 unspecified atom stereocenters. The second kappa shape index (κ2) is 8.56. The molecule has 152 valence electrons. The summed E-state index contributed by atoms with van der Waals surface area (Å²) >= 11 is 5.94. The molecule has 2 aliphatic rings. The van der Waals surface area contributed by atoms with Gasteiger partial charge >= 0.3 is 5.97 Å². The SMILES string of the molecule is O=C(COC(=O)C1(c2ccc(Cl)cc2)CC1)N1CCN(Cc2ccccc2)CC1. The van der Waals surface area contributed by atoms with E-state index in [9.17, 15) is 9.59 Å². The molecule has 1 heterocycles. The number of halogens is 1. The Kier molecular flexibility index (Phi) is 5.88. The van der Waals surface area contributed by atoms with Crippen LogP contribution < -0.4 is 0 Å². The number of nitrogens with zero attached hydrogens (tertiary/aromatic N) is 2. The molecule has 29 heavy (non-hydrogen) atoms. The van der Waals surface area contributed by atoms with Gasteiger partial charge in [0.05, 0.1) is 5.41 Å². The average Bonchev–Trinajstić information content (AvgIpc) is 3.56. The van der Waals surface area contributed by atoms with Crippen molar-refractivity contribution in [3.05, 3.63) is 70.7 Å². The number of amides is 1. The van der Waals surface area contributed by atoms with Crippen LogP contribution >= 0.6 is 11.6 Å². The van der Waals surface area contributed by atoms with E-state index in [1.165, 1.54) is 5.56 Å². The lowest BCUT2D eigenvalue weighted by atomic mass is 9.96. The van der Waals surface area contributed by atoms with Crippen LogP contribution in [0.25, 0.3) is 0 Å². The van der Waals surface area contributed by atoms with Crippen LogP contribution in [0.4, 0.5) is 0 Å². The van der Waals surface area contributed by atoms with Gasteiger partial charge in [-0.15, -0.1) is 0 Å². The molecular weight excluding hydrogens is 388 g/mol. The van der Waals surface area contributed by atoms with Crippen molar-refractivity contribution in [1.29, 1.82) is 0 Å². The Morgan fingerprint density at radius 1 is 0.931 bits per heavy atom. The monoisotopic (exact) mass is 412 g/mol. The van der Waals surface area contributed by atoms with Gasteiger partial charge in [-0.2, -0.15) is 0 Å². The Hall–Kier alpha value is -2.37. The van der Waals surface area contributed by atoms with Gasteiger partial charge in [0.15, 0.2) is 6.61 Å². The maximum absolute atomic E-state index is 12.6. The number of esters is 1. The van der Waals surface area contributed by atoms with Crippen LogP contribution in [0.3, 0.4) is 0 Å². The number of ether oxygens (including phenoxy) is 1. The summed E-state index contributed by atoms with van der Waals surface area (Å²) in [6.45, 7) is 3.66. The first kappa shape index (κ1) is 19.9. The first-order chi connectivity index (χ1) is 14.1. The molecule has 2 aromatic rings. The fourth-order valence-electron chi connectivity index (χ4n) is 3.86. The van der Waals surface area contributed by atoms with Crippen molar-refractivity contribution in [2.45, 2.75) is 24.8 Å². The number of benzene rings is 2. The van der Waals surface area contributed by atoms with Gasteiger partial charge in [-0.25, -0.2) is 0 Å². The third kappa shape index (κ3) is 4.62. The average molecular weight is 413 g/mol. The van der Waals surface area contributed by atoms with Crippen LogP contribution in [0.1, 0.15) is 24.0 Å². The van der Waals surface area contributed by atoms with Gasteiger partial charge in [0.1, 0.15) is 0 Å². The molecular formula is C23H25ClN2O3. The number of hydrogen-bond acceptors (Lipinski definition) is 4. The highest BCUT2D eigenvalue weighted by Gasteiger charge is 2.53. The zero-order valence-electron chi connectivity index (χ0n) is 16.4. The third-order valence-corrected chi connectivity index (χ3v) is 6.09. The zero-order valence-corrected chi connectivity index (χ0v) is 17.1. The van der Waals surface area contributed by atoms with Crippen LogP contribution in [-0.4, -0.2) is 54.5 Å². The molecule has 5 nitrogen and oxygen atoms in total. The normalized spacial score (nSPS) is 18.3. The molecule has 0 bridgehead atoms. The minimum atomic E-state index is -0.598. The molecule has 4 rings (SSSR count). The van der Waals surface area contributed by atoms with E-state index in [4.69, 9.17) is 16.3 Å². The minimum absolute atomic E-state index is 0.121. The molecule has 0 N–H and O–H groups in total. The number of hydrogen-bond donors (Lipinski definition) is 0. The van der Waals surface area contributed by atoms with E-state index in [1.807, 2.05) is 30.3 Å². The number of carbonyl (C=O) groups excluding carboxylic acids is 2. The van der Waals surface area contributed by atoms with Gasteiger partial charge in [-0.05, 0) is 36.1 Å². The summed E-state index contributed by atoms with van der Waals surface area (Å²) in [6.07, 6.45) is 1.50. The van der Waals surface area contributed by atoms with Crippen molar-refractivity contribution in [2.75, 3.05) is 32.8 Å². The maximum atomic E-state index is 12.6. The number of carbonyl (C=O) groups is 2. The predicted molar refractivity (Wildman–Crippen MR) is 112 cm³/mol. The summed E-state index contributed by atoms with van der Waals surface area (Å²) < 4.78 is 5.41. The molecule has 1 amide bonds. The lowest BCUT2D eigenvalue weighted by molar-refractivity contribution is -0.154.